The van der Waals surface area contributed by atoms with E-state index in [1.54, 1.807) is 0 Å². The van der Waals surface area contributed by atoms with Crippen LogP contribution in [0.5, 0.6) is 0 Å². The molecule has 1 aliphatic heterocycles. The van der Waals surface area contributed by atoms with E-state index in [1.165, 1.54) is 0 Å². The zero-order chi connectivity index (χ0) is 10.1. The van der Waals surface area contributed by atoms with Gasteiger partial charge < -0.3 is 10.1 Å². The van der Waals surface area contributed by atoms with E-state index < -0.39 is 24.1 Å². The molecule has 76 valence electrons. The minimum Gasteiger partial charge on any atom is -0.468 e. The number of rotatable bonds is 1. The van der Waals surface area contributed by atoms with Crippen LogP contribution in [0.15, 0.2) is 0 Å². The number of methoxy groups -OCH3 is 1. The summed E-state index contributed by atoms with van der Waals surface area (Å²) in [4.78, 5) is 10.8. The maximum atomic E-state index is 12.1. The molecule has 2 unspecified atom stereocenters. The largest absolute Gasteiger partial charge is 0.468 e. The third-order valence-corrected chi connectivity index (χ3v) is 2.08. The van der Waals surface area contributed by atoms with Crippen LogP contribution in [-0.4, -0.2) is 31.8 Å². The van der Waals surface area contributed by atoms with Gasteiger partial charge >= 0.3 is 12.1 Å². The van der Waals surface area contributed by atoms with Crippen LogP contribution in [0.4, 0.5) is 13.2 Å². The van der Waals surface area contributed by atoms with Crippen molar-refractivity contribution in [3.63, 3.8) is 0 Å². The second-order valence-electron chi connectivity index (χ2n) is 2.96. The molecular weight excluding hydrogens is 187 g/mol. The Kier molecular flexibility index (Phi) is 2.80. The summed E-state index contributed by atoms with van der Waals surface area (Å²) in [7, 11) is 1.16. The lowest BCUT2D eigenvalue weighted by Crippen LogP contribution is -2.31. The third kappa shape index (κ3) is 2.33. The summed E-state index contributed by atoms with van der Waals surface area (Å²) >= 11 is 0. The van der Waals surface area contributed by atoms with Crippen LogP contribution < -0.4 is 5.32 Å². The van der Waals surface area contributed by atoms with Crippen molar-refractivity contribution in [3.05, 3.63) is 0 Å². The Labute approximate surface area is 73.2 Å². The first-order valence-electron chi connectivity index (χ1n) is 3.83. The fourth-order valence-electron chi connectivity index (χ4n) is 1.31. The molecule has 1 aliphatic rings. The van der Waals surface area contributed by atoms with Gasteiger partial charge in [-0.15, -0.1) is 0 Å². The molecule has 0 saturated carbocycles. The lowest BCUT2D eigenvalue weighted by atomic mass is 10.1. The van der Waals surface area contributed by atoms with Gasteiger partial charge in [0.1, 0.15) is 6.04 Å². The van der Waals surface area contributed by atoms with Gasteiger partial charge in [-0.3, -0.25) is 4.79 Å². The molecule has 0 amide bonds. The van der Waals surface area contributed by atoms with E-state index in [-0.39, 0.29) is 13.0 Å². The molecule has 0 aromatic carbocycles. The van der Waals surface area contributed by atoms with Crippen molar-refractivity contribution in [2.45, 2.75) is 18.6 Å². The van der Waals surface area contributed by atoms with Crippen molar-refractivity contribution >= 4 is 5.97 Å². The van der Waals surface area contributed by atoms with Gasteiger partial charge in [0.05, 0.1) is 13.0 Å². The van der Waals surface area contributed by atoms with E-state index in [4.69, 9.17) is 0 Å². The Bertz CT molecular complexity index is 204. The topological polar surface area (TPSA) is 38.3 Å². The van der Waals surface area contributed by atoms with E-state index in [9.17, 15) is 18.0 Å². The highest BCUT2D eigenvalue weighted by Gasteiger charge is 2.45. The zero-order valence-corrected chi connectivity index (χ0v) is 7.02. The van der Waals surface area contributed by atoms with Gasteiger partial charge in [0.25, 0.3) is 0 Å². The highest BCUT2D eigenvalue weighted by molar-refractivity contribution is 5.76. The van der Waals surface area contributed by atoms with Gasteiger partial charge in [-0.2, -0.15) is 13.2 Å². The summed E-state index contributed by atoms with van der Waals surface area (Å²) in [5.74, 6) is -2.07. The summed E-state index contributed by atoms with van der Waals surface area (Å²) in [5.41, 5.74) is 0. The van der Waals surface area contributed by atoms with Crippen molar-refractivity contribution in [2.24, 2.45) is 5.92 Å². The highest BCUT2D eigenvalue weighted by Crippen LogP contribution is 2.32. The van der Waals surface area contributed by atoms with Crippen LogP contribution in [0.25, 0.3) is 0 Å². The number of hydrogen-bond acceptors (Lipinski definition) is 3. The molecule has 0 aromatic rings. The molecule has 0 aliphatic carbocycles. The lowest BCUT2D eigenvalue weighted by Gasteiger charge is -2.12. The maximum Gasteiger partial charge on any atom is 0.393 e. The van der Waals surface area contributed by atoms with Crippen molar-refractivity contribution in [3.8, 4) is 0 Å². The Morgan fingerprint density at radius 2 is 2.15 bits per heavy atom. The molecule has 6 heteroatoms. The summed E-state index contributed by atoms with van der Waals surface area (Å²) < 4.78 is 40.7. The molecule has 3 nitrogen and oxygen atoms in total. The number of hydrogen-bond donors (Lipinski definition) is 1. The SMILES string of the molecule is COC(=O)C1CC(C(F)(F)F)CN1. The highest BCUT2D eigenvalue weighted by atomic mass is 19.4. The van der Waals surface area contributed by atoms with Crippen LogP contribution in [0.3, 0.4) is 0 Å². The Morgan fingerprint density at radius 3 is 2.54 bits per heavy atom. The van der Waals surface area contributed by atoms with Crippen molar-refractivity contribution in [1.29, 1.82) is 0 Å². The Morgan fingerprint density at radius 1 is 1.54 bits per heavy atom. The molecule has 0 spiro atoms. The van der Waals surface area contributed by atoms with Gasteiger partial charge in [0.15, 0.2) is 0 Å². The zero-order valence-electron chi connectivity index (χ0n) is 7.02. The minimum atomic E-state index is -4.23. The van der Waals surface area contributed by atoms with Gasteiger partial charge in [-0.25, -0.2) is 0 Å². The van der Waals surface area contributed by atoms with E-state index >= 15 is 0 Å². The third-order valence-electron chi connectivity index (χ3n) is 2.08. The first kappa shape index (κ1) is 10.3. The molecule has 1 rings (SSSR count). The average molecular weight is 197 g/mol. The normalized spacial score (nSPS) is 28.9. The molecule has 0 aromatic heterocycles. The number of nitrogens with one attached hydrogen (secondary N) is 1. The predicted molar refractivity (Wildman–Crippen MR) is 38.0 cm³/mol. The fraction of sp³-hybridized carbons (Fsp3) is 0.857. The number of carbonyl (C=O) groups is 1. The van der Waals surface area contributed by atoms with Crippen LogP contribution in [0.2, 0.25) is 0 Å². The summed E-state index contributed by atoms with van der Waals surface area (Å²) in [5, 5.41) is 2.47. The number of esters is 1. The minimum absolute atomic E-state index is 0.205. The van der Waals surface area contributed by atoms with Crippen LogP contribution in [0, 0.1) is 5.92 Å². The molecule has 1 saturated heterocycles. The van der Waals surface area contributed by atoms with Crippen LogP contribution in [-0.2, 0) is 9.53 Å². The molecule has 1 fully saturated rings. The smallest absolute Gasteiger partial charge is 0.393 e. The van der Waals surface area contributed by atoms with Crippen molar-refractivity contribution < 1.29 is 22.7 Å². The van der Waals surface area contributed by atoms with Gasteiger partial charge in [0, 0.05) is 6.54 Å². The van der Waals surface area contributed by atoms with Crippen molar-refractivity contribution in [2.75, 3.05) is 13.7 Å². The average Bonchev–Trinajstić information content (AvgIpc) is 2.50. The molecule has 1 N–H and O–H groups in total. The number of halogens is 3. The van der Waals surface area contributed by atoms with E-state index in [2.05, 4.69) is 10.1 Å². The number of ether oxygens (including phenoxy) is 1. The lowest BCUT2D eigenvalue weighted by molar-refractivity contribution is -0.169. The van der Waals surface area contributed by atoms with Gasteiger partial charge in [-0.1, -0.05) is 0 Å². The molecule has 2 atom stereocenters. The van der Waals surface area contributed by atoms with Crippen LogP contribution >= 0.6 is 0 Å². The Hall–Kier alpha value is -0.780. The van der Waals surface area contributed by atoms with E-state index in [0.717, 1.165) is 7.11 Å². The maximum absolute atomic E-state index is 12.1. The van der Waals surface area contributed by atoms with Crippen LogP contribution in [0.1, 0.15) is 6.42 Å². The van der Waals surface area contributed by atoms with Gasteiger partial charge in [-0.05, 0) is 6.42 Å². The summed E-state index contributed by atoms with van der Waals surface area (Å²) in [6.07, 6.45) is -4.45. The summed E-state index contributed by atoms with van der Waals surface area (Å²) in [6, 6.07) is -0.809. The first-order valence-corrected chi connectivity index (χ1v) is 3.83. The molecular formula is C7H10F3NO2. The molecule has 13 heavy (non-hydrogen) atoms. The van der Waals surface area contributed by atoms with E-state index in [1.807, 2.05) is 0 Å². The number of alkyl halides is 3. The monoisotopic (exact) mass is 197 g/mol. The quantitative estimate of drug-likeness (QED) is 0.629. The first-order chi connectivity index (χ1) is 5.95. The van der Waals surface area contributed by atoms with E-state index in [0.29, 0.717) is 0 Å². The predicted octanol–water partition coefficient (Wildman–Crippen LogP) is 0.700. The molecule has 1 heterocycles. The molecule has 0 radical (unpaired) electrons. The van der Waals surface area contributed by atoms with Gasteiger partial charge in [0.2, 0.25) is 0 Å². The number of carbonyl (C=O) groups excluding carboxylic acids is 1. The second-order valence-corrected chi connectivity index (χ2v) is 2.96. The Balaban J connectivity index is 2.50. The molecule has 0 bridgehead atoms. The summed E-state index contributed by atoms with van der Waals surface area (Å²) in [6.45, 7) is -0.205. The standard InChI is InChI=1S/C7H10F3NO2/c1-13-6(12)5-2-4(3-11-5)7(8,9)10/h4-5,11H,2-3H2,1H3. The van der Waals surface area contributed by atoms with Crippen molar-refractivity contribution in [1.82, 2.24) is 5.32 Å². The second kappa shape index (κ2) is 3.53. The fourth-order valence-corrected chi connectivity index (χ4v) is 1.31.